The molecule has 0 bridgehead atoms. The fraction of sp³-hybridized carbons (Fsp3) is 0.286. The molecule has 0 aliphatic rings. The van der Waals surface area contributed by atoms with E-state index in [0.29, 0.717) is 13.1 Å². The molecule has 2 N–H and O–H groups in total. The molecule has 1 heterocycles. The minimum atomic E-state index is -0.571. The third-order valence-corrected chi connectivity index (χ3v) is 4.56. The molecule has 4 heteroatoms. The molecule has 130 valence electrons. The zero-order valence-electron chi connectivity index (χ0n) is 14.9. The van der Waals surface area contributed by atoms with E-state index in [1.165, 1.54) is 0 Å². The Morgan fingerprint density at radius 2 is 1.88 bits per heavy atom. The van der Waals surface area contributed by atoms with Crippen molar-refractivity contribution in [1.82, 2.24) is 10.3 Å². The molecule has 0 aliphatic heterocycles. The molecule has 1 aromatic heterocycles. The summed E-state index contributed by atoms with van der Waals surface area (Å²) >= 11 is 0. The highest BCUT2D eigenvalue weighted by Gasteiger charge is 2.12. The van der Waals surface area contributed by atoms with Gasteiger partial charge in [-0.3, -0.25) is 4.98 Å². The van der Waals surface area contributed by atoms with Gasteiger partial charge in [0.2, 0.25) is 0 Å². The smallest absolute Gasteiger partial charge is 0.128 e. The lowest BCUT2D eigenvalue weighted by Gasteiger charge is -2.16. The summed E-state index contributed by atoms with van der Waals surface area (Å²) in [6.07, 6.45) is 1.25. The van der Waals surface area contributed by atoms with Crippen LogP contribution in [0.25, 0.3) is 10.8 Å². The summed E-state index contributed by atoms with van der Waals surface area (Å²) in [4.78, 5) is 4.48. The van der Waals surface area contributed by atoms with Crippen LogP contribution in [-0.2, 0) is 6.54 Å². The van der Waals surface area contributed by atoms with Crippen LogP contribution in [-0.4, -0.2) is 23.7 Å². The lowest BCUT2D eigenvalue weighted by atomic mass is 10.0. The molecule has 1 unspecified atom stereocenters. The molecule has 0 saturated carbocycles. The highest BCUT2D eigenvalue weighted by Crippen LogP contribution is 2.25. The molecule has 2 aromatic carbocycles. The predicted octanol–water partition coefficient (Wildman–Crippen LogP) is 3.68. The van der Waals surface area contributed by atoms with Gasteiger partial charge in [-0.2, -0.15) is 0 Å². The van der Waals surface area contributed by atoms with Gasteiger partial charge >= 0.3 is 0 Å². The Labute approximate surface area is 148 Å². The normalized spacial score (nSPS) is 12.3. The van der Waals surface area contributed by atoms with Gasteiger partial charge in [0.25, 0.3) is 0 Å². The average molecular weight is 336 g/mol. The number of methoxy groups -OCH3 is 1. The van der Waals surface area contributed by atoms with Crippen LogP contribution in [0.15, 0.2) is 48.7 Å². The number of hydrogen-bond acceptors (Lipinski definition) is 4. The van der Waals surface area contributed by atoms with E-state index in [-0.39, 0.29) is 0 Å². The topological polar surface area (TPSA) is 54.4 Å². The van der Waals surface area contributed by atoms with E-state index in [2.05, 4.69) is 22.4 Å². The average Bonchev–Trinajstić information content (AvgIpc) is 2.63. The van der Waals surface area contributed by atoms with Crippen molar-refractivity contribution < 1.29 is 9.84 Å². The molecular formula is C21H24N2O2. The standard InChI is InChI=1S/C21H24N2O2/c1-14-11-23-19(15(2)21(14)25-3)12-22-13-20(24)18-10-6-8-16-7-4-5-9-17(16)18/h4-11,20,22,24H,12-13H2,1-3H3. The quantitative estimate of drug-likeness (QED) is 0.721. The van der Waals surface area contributed by atoms with Crippen molar-refractivity contribution in [2.24, 2.45) is 0 Å². The van der Waals surface area contributed by atoms with Gasteiger partial charge in [0.05, 0.1) is 18.9 Å². The number of benzene rings is 2. The number of aliphatic hydroxyl groups excluding tert-OH is 1. The van der Waals surface area contributed by atoms with Gasteiger partial charge in [0, 0.05) is 30.4 Å². The number of nitrogens with zero attached hydrogens (tertiary/aromatic N) is 1. The largest absolute Gasteiger partial charge is 0.496 e. The Balaban J connectivity index is 1.70. The second kappa shape index (κ2) is 7.64. The molecular weight excluding hydrogens is 312 g/mol. The molecule has 25 heavy (non-hydrogen) atoms. The van der Waals surface area contributed by atoms with Crippen molar-refractivity contribution in [2.45, 2.75) is 26.5 Å². The minimum absolute atomic E-state index is 0.464. The van der Waals surface area contributed by atoms with Gasteiger partial charge in [-0.25, -0.2) is 0 Å². The number of ether oxygens (including phenoxy) is 1. The summed E-state index contributed by atoms with van der Waals surface area (Å²) < 4.78 is 5.44. The van der Waals surface area contributed by atoms with E-state index in [9.17, 15) is 5.11 Å². The highest BCUT2D eigenvalue weighted by molar-refractivity contribution is 5.85. The fourth-order valence-corrected chi connectivity index (χ4v) is 3.23. The van der Waals surface area contributed by atoms with Gasteiger partial charge in [0.15, 0.2) is 0 Å². The monoisotopic (exact) mass is 336 g/mol. The third kappa shape index (κ3) is 3.65. The van der Waals surface area contributed by atoms with Crippen LogP contribution in [0.4, 0.5) is 0 Å². The molecule has 3 aromatic rings. The first-order valence-electron chi connectivity index (χ1n) is 8.47. The number of aryl methyl sites for hydroxylation is 1. The Morgan fingerprint density at radius 3 is 2.68 bits per heavy atom. The lowest BCUT2D eigenvalue weighted by molar-refractivity contribution is 0.175. The first-order chi connectivity index (χ1) is 12.1. The number of rotatable bonds is 6. The fourth-order valence-electron chi connectivity index (χ4n) is 3.23. The maximum atomic E-state index is 10.6. The lowest BCUT2D eigenvalue weighted by Crippen LogP contribution is -2.22. The first-order valence-corrected chi connectivity index (χ1v) is 8.47. The molecule has 0 spiro atoms. The van der Waals surface area contributed by atoms with Crippen molar-refractivity contribution in [2.75, 3.05) is 13.7 Å². The number of pyridine rings is 1. The van der Waals surface area contributed by atoms with E-state index in [4.69, 9.17) is 4.74 Å². The predicted molar refractivity (Wildman–Crippen MR) is 101 cm³/mol. The maximum Gasteiger partial charge on any atom is 0.128 e. The van der Waals surface area contributed by atoms with Gasteiger partial charge in [-0.1, -0.05) is 42.5 Å². The summed E-state index contributed by atoms with van der Waals surface area (Å²) in [6, 6.07) is 14.1. The van der Waals surface area contributed by atoms with Crippen molar-refractivity contribution in [1.29, 1.82) is 0 Å². The van der Waals surface area contributed by atoms with Gasteiger partial charge in [-0.05, 0) is 30.2 Å². The van der Waals surface area contributed by atoms with Crippen LogP contribution in [0.2, 0.25) is 0 Å². The summed E-state index contributed by atoms with van der Waals surface area (Å²) in [5.41, 5.74) is 3.94. The van der Waals surface area contributed by atoms with Crippen LogP contribution in [0.5, 0.6) is 5.75 Å². The number of nitrogens with one attached hydrogen (secondary N) is 1. The number of hydrogen-bond donors (Lipinski definition) is 2. The van der Waals surface area contributed by atoms with Crippen LogP contribution >= 0.6 is 0 Å². The summed E-state index contributed by atoms with van der Waals surface area (Å²) in [5.74, 6) is 0.876. The highest BCUT2D eigenvalue weighted by atomic mass is 16.5. The van der Waals surface area contributed by atoms with Crippen LogP contribution in [0.1, 0.15) is 28.5 Å². The third-order valence-electron chi connectivity index (χ3n) is 4.56. The van der Waals surface area contributed by atoms with E-state index in [1.54, 1.807) is 7.11 Å². The summed E-state index contributed by atoms with van der Waals surface area (Å²) in [5, 5.41) is 16.1. The van der Waals surface area contributed by atoms with E-state index < -0.39 is 6.10 Å². The van der Waals surface area contributed by atoms with E-state index in [0.717, 1.165) is 38.9 Å². The molecule has 0 amide bonds. The molecule has 0 saturated heterocycles. The van der Waals surface area contributed by atoms with Gasteiger partial charge < -0.3 is 15.2 Å². The Kier molecular flexibility index (Phi) is 5.31. The summed E-state index contributed by atoms with van der Waals surface area (Å²) in [6.45, 7) is 5.05. The van der Waals surface area contributed by atoms with E-state index >= 15 is 0 Å². The zero-order valence-corrected chi connectivity index (χ0v) is 14.9. The van der Waals surface area contributed by atoms with Gasteiger partial charge in [0.1, 0.15) is 5.75 Å². The Morgan fingerprint density at radius 1 is 1.12 bits per heavy atom. The van der Waals surface area contributed by atoms with Crippen LogP contribution < -0.4 is 10.1 Å². The summed E-state index contributed by atoms with van der Waals surface area (Å²) in [7, 11) is 1.68. The molecule has 0 aliphatic carbocycles. The molecule has 3 rings (SSSR count). The second-order valence-corrected chi connectivity index (χ2v) is 6.26. The van der Waals surface area contributed by atoms with Gasteiger partial charge in [-0.15, -0.1) is 0 Å². The second-order valence-electron chi connectivity index (χ2n) is 6.26. The first kappa shape index (κ1) is 17.4. The minimum Gasteiger partial charge on any atom is -0.496 e. The van der Waals surface area contributed by atoms with Crippen LogP contribution in [0.3, 0.4) is 0 Å². The van der Waals surface area contributed by atoms with E-state index in [1.807, 2.05) is 50.4 Å². The van der Waals surface area contributed by atoms with Crippen molar-refractivity contribution in [3.63, 3.8) is 0 Å². The Bertz CT molecular complexity index is 872. The SMILES string of the molecule is COc1c(C)cnc(CNCC(O)c2cccc3ccccc23)c1C. The molecule has 1 atom stereocenters. The number of aromatic nitrogens is 1. The molecule has 0 fully saturated rings. The molecule has 4 nitrogen and oxygen atoms in total. The van der Waals surface area contributed by atoms with Crippen LogP contribution in [0, 0.1) is 13.8 Å². The van der Waals surface area contributed by atoms with Crippen molar-refractivity contribution >= 4 is 10.8 Å². The Hall–Kier alpha value is -2.43. The zero-order chi connectivity index (χ0) is 17.8. The molecule has 0 radical (unpaired) electrons. The number of fused-ring (bicyclic) bond motifs is 1. The van der Waals surface area contributed by atoms with Crippen molar-refractivity contribution in [3.8, 4) is 5.75 Å². The maximum absolute atomic E-state index is 10.6. The van der Waals surface area contributed by atoms with Crippen molar-refractivity contribution in [3.05, 3.63) is 71.0 Å². The number of aliphatic hydroxyl groups is 1.